The van der Waals surface area contributed by atoms with Gasteiger partial charge in [-0.3, -0.25) is 0 Å². The van der Waals surface area contributed by atoms with Crippen LogP contribution < -0.4 is 5.32 Å². The van der Waals surface area contributed by atoms with E-state index in [0.29, 0.717) is 5.56 Å². The SMILES string of the molecule is N#Cc1ccc(Cn2cccc2CNC2CC2)cc1. The highest BCUT2D eigenvalue weighted by Crippen LogP contribution is 2.19. The number of hydrogen-bond donors (Lipinski definition) is 1. The Morgan fingerprint density at radius 2 is 2.00 bits per heavy atom. The summed E-state index contributed by atoms with van der Waals surface area (Å²) in [4.78, 5) is 0. The van der Waals surface area contributed by atoms with E-state index in [4.69, 9.17) is 5.26 Å². The van der Waals surface area contributed by atoms with Crippen molar-refractivity contribution in [2.24, 2.45) is 0 Å². The molecule has 1 heterocycles. The Morgan fingerprint density at radius 3 is 2.68 bits per heavy atom. The number of nitriles is 1. The number of nitrogens with zero attached hydrogens (tertiary/aromatic N) is 2. The average molecular weight is 251 g/mol. The molecule has 2 aromatic rings. The minimum atomic E-state index is 0.715. The van der Waals surface area contributed by atoms with Gasteiger partial charge in [-0.1, -0.05) is 12.1 Å². The van der Waals surface area contributed by atoms with Gasteiger partial charge in [-0.25, -0.2) is 0 Å². The Balaban J connectivity index is 1.67. The minimum absolute atomic E-state index is 0.715. The predicted molar refractivity (Wildman–Crippen MR) is 74.6 cm³/mol. The van der Waals surface area contributed by atoms with E-state index < -0.39 is 0 Å². The van der Waals surface area contributed by atoms with E-state index in [1.807, 2.05) is 24.3 Å². The third-order valence-corrected chi connectivity index (χ3v) is 3.51. The second-order valence-electron chi connectivity index (χ2n) is 5.09. The van der Waals surface area contributed by atoms with Gasteiger partial charge in [0.2, 0.25) is 0 Å². The highest BCUT2D eigenvalue weighted by molar-refractivity contribution is 5.31. The first-order chi connectivity index (χ1) is 9.35. The lowest BCUT2D eigenvalue weighted by Crippen LogP contribution is -2.18. The third-order valence-electron chi connectivity index (χ3n) is 3.51. The normalized spacial score (nSPS) is 14.3. The fraction of sp³-hybridized carbons (Fsp3) is 0.312. The van der Waals surface area contributed by atoms with Crippen LogP contribution in [-0.4, -0.2) is 10.6 Å². The first kappa shape index (κ1) is 12.0. The number of aromatic nitrogens is 1. The van der Waals surface area contributed by atoms with Gasteiger partial charge in [0.15, 0.2) is 0 Å². The van der Waals surface area contributed by atoms with Gasteiger partial charge >= 0.3 is 0 Å². The van der Waals surface area contributed by atoms with Gasteiger partial charge in [0.25, 0.3) is 0 Å². The maximum atomic E-state index is 8.79. The van der Waals surface area contributed by atoms with E-state index in [0.717, 1.165) is 19.1 Å². The van der Waals surface area contributed by atoms with Crippen molar-refractivity contribution in [1.29, 1.82) is 5.26 Å². The molecular weight excluding hydrogens is 234 g/mol. The zero-order valence-electron chi connectivity index (χ0n) is 10.8. The molecule has 3 heteroatoms. The van der Waals surface area contributed by atoms with Crippen molar-refractivity contribution in [1.82, 2.24) is 9.88 Å². The van der Waals surface area contributed by atoms with Crippen molar-refractivity contribution in [2.75, 3.05) is 0 Å². The number of benzene rings is 1. The lowest BCUT2D eigenvalue weighted by Gasteiger charge is -2.10. The van der Waals surface area contributed by atoms with Crippen LogP contribution in [0.3, 0.4) is 0 Å². The molecule has 1 N–H and O–H groups in total. The maximum Gasteiger partial charge on any atom is 0.0991 e. The van der Waals surface area contributed by atoms with Gasteiger partial charge in [-0.2, -0.15) is 5.26 Å². The molecule has 1 aliphatic rings. The van der Waals surface area contributed by atoms with Gasteiger partial charge in [0, 0.05) is 31.0 Å². The lowest BCUT2D eigenvalue weighted by molar-refractivity contribution is 0.634. The molecule has 0 aliphatic heterocycles. The molecule has 0 amide bonds. The molecule has 1 aromatic heterocycles. The van der Waals surface area contributed by atoms with Crippen molar-refractivity contribution in [3.05, 3.63) is 59.4 Å². The van der Waals surface area contributed by atoms with Crippen molar-refractivity contribution >= 4 is 0 Å². The highest BCUT2D eigenvalue weighted by atomic mass is 15.0. The van der Waals surface area contributed by atoms with Gasteiger partial charge in [-0.05, 0) is 42.7 Å². The van der Waals surface area contributed by atoms with Crippen LogP contribution in [0, 0.1) is 11.3 Å². The van der Waals surface area contributed by atoms with Gasteiger partial charge in [0.05, 0.1) is 11.6 Å². The number of nitrogens with one attached hydrogen (secondary N) is 1. The summed E-state index contributed by atoms with van der Waals surface area (Å²) in [6, 6.07) is 14.9. The zero-order chi connectivity index (χ0) is 13.1. The molecule has 0 radical (unpaired) electrons. The Labute approximate surface area is 113 Å². The molecular formula is C16H17N3. The lowest BCUT2D eigenvalue weighted by atomic mass is 10.1. The zero-order valence-corrected chi connectivity index (χ0v) is 10.8. The van der Waals surface area contributed by atoms with E-state index in [1.165, 1.54) is 24.1 Å². The minimum Gasteiger partial charge on any atom is -0.346 e. The maximum absolute atomic E-state index is 8.79. The molecule has 0 unspecified atom stereocenters. The molecule has 1 aliphatic carbocycles. The van der Waals surface area contributed by atoms with Crippen LogP contribution in [0.5, 0.6) is 0 Å². The Bertz CT molecular complexity index is 585. The summed E-state index contributed by atoms with van der Waals surface area (Å²) < 4.78 is 2.26. The van der Waals surface area contributed by atoms with E-state index in [1.54, 1.807) is 0 Å². The fourth-order valence-corrected chi connectivity index (χ4v) is 2.18. The van der Waals surface area contributed by atoms with Crippen LogP contribution in [0.15, 0.2) is 42.6 Å². The monoisotopic (exact) mass is 251 g/mol. The first-order valence-electron chi connectivity index (χ1n) is 6.71. The second kappa shape index (κ2) is 5.29. The molecule has 3 nitrogen and oxygen atoms in total. The molecule has 1 saturated carbocycles. The van der Waals surface area contributed by atoms with Crippen molar-refractivity contribution in [3.63, 3.8) is 0 Å². The van der Waals surface area contributed by atoms with Crippen LogP contribution in [0.1, 0.15) is 29.7 Å². The Kier molecular flexibility index (Phi) is 3.35. The van der Waals surface area contributed by atoms with Crippen LogP contribution >= 0.6 is 0 Å². The highest BCUT2D eigenvalue weighted by Gasteiger charge is 2.20. The Morgan fingerprint density at radius 1 is 1.21 bits per heavy atom. The summed E-state index contributed by atoms with van der Waals surface area (Å²) in [6.07, 6.45) is 4.74. The van der Waals surface area contributed by atoms with Gasteiger partial charge in [-0.15, -0.1) is 0 Å². The summed E-state index contributed by atoms with van der Waals surface area (Å²) in [5.41, 5.74) is 3.26. The van der Waals surface area contributed by atoms with Crippen LogP contribution in [0.25, 0.3) is 0 Å². The molecule has 0 saturated heterocycles. The standard InChI is InChI=1S/C16H17N3/c17-10-13-3-5-14(6-4-13)12-19-9-1-2-16(19)11-18-15-7-8-15/h1-6,9,15,18H,7-8,11-12H2. The molecule has 0 atom stereocenters. The van der Waals surface area contributed by atoms with E-state index >= 15 is 0 Å². The van der Waals surface area contributed by atoms with Crippen molar-refractivity contribution in [3.8, 4) is 6.07 Å². The largest absolute Gasteiger partial charge is 0.346 e. The summed E-state index contributed by atoms with van der Waals surface area (Å²) >= 11 is 0. The van der Waals surface area contributed by atoms with Gasteiger partial charge < -0.3 is 9.88 Å². The van der Waals surface area contributed by atoms with Crippen molar-refractivity contribution in [2.45, 2.75) is 32.0 Å². The van der Waals surface area contributed by atoms with Crippen LogP contribution in [0.2, 0.25) is 0 Å². The van der Waals surface area contributed by atoms with Crippen LogP contribution in [-0.2, 0) is 13.1 Å². The smallest absolute Gasteiger partial charge is 0.0991 e. The summed E-state index contributed by atoms with van der Waals surface area (Å²) in [7, 11) is 0. The van der Waals surface area contributed by atoms with Crippen molar-refractivity contribution < 1.29 is 0 Å². The van der Waals surface area contributed by atoms with Gasteiger partial charge in [0.1, 0.15) is 0 Å². The molecule has 1 aromatic carbocycles. The molecule has 96 valence electrons. The predicted octanol–water partition coefficient (Wildman–Crippen LogP) is 2.66. The summed E-state index contributed by atoms with van der Waals surface area (Å²) in [5.74, 6) is 0. The number of hydrogen-bond acceptors (Lipinski definition) is 2. The Hall–Kier alpha value is -2.05. The fourth-order valence-electron chi connectivity index (χ4n) is 2.18. The quantitative estimate of drug-likeness (QED) is 0.887. The molecule has 1 fully saturated rings. The van der Waals surface area contributed by atoms with E-state index in [-0.39, 0.29) is 0 Å². The van der Waals surface area contributed by atoms with E-state index in [9.17, 15) is 0 Å². The second-order valence-corrected chi connectivity index (χ2v) is 5.09. The first-order valence-corrected chi connectivity index (χ1v) is 6.71. The third kappa shape index (κ3) is 3.04. The summed E-state index contributed by atoms with van der Waals surface area (Å²) in [6.45, 7) is 1.80. The topological polar surface area (TPSA) is 40.8 Å². The molecule has 0 spiro atoms. The van der Waals surface area contributed by atoms with Crippen LogP contribution in [0.4, 0.5) is 0 Å². The average Bonchev–Trinajstić information content (AvgIpc) is 3.18. The molecule has 0 bridgehead atoms. The number of rotatable bonds is 5. The molecule has 19 heavy (non-hydrogen) atoms. The molecule has 3 rings (SSSR count). The summed E-state index contributed by atoms with van der Waals surface area (Å²) in [5, 5.41) is 12.3. The van der Waals surface area contributed by atoms with E-state index in [2.05, 4.69) is 34.3 Å².